The van der Waals surface area contributed by atoms with Gasteiger partial charge in [-0.3, -0.25) is 9.59 Å². The molecule has 0 aliphatic heterocycles. The Labute approximate surface area is 79.1 Å². The molecule has 0 spiro atoms. The summed E-state index contributed by atoms with van der Waals surface area (Å²) >= 11 is 0. The SMILES string of the molecule is CC(=O)C(C)C(C)C(C)CC(=O)O. The highest BCUT2D eigenvalue weighted by Crippen LogP contribution is 2.23. The largest absolute Gasteiger partial charge is 0.481 e. The monoisotopic (exact) mass is 186 g/mol. The van der Waals surface area contributed by atoms with Crippen LogP contribution in [0.15, 0.2) is 0 Å². The number of carboxylic acids is 1. The van der Waals surface area contributed by atoms with Crippen LogP contribution in [0.4, 0.5) is 0 Å². The fourth-order valence-corrected chi connectivity index (χ4v) is 1.32. The lowest BCUT2D eigenvalue weighted by Crippen LogP contribution is -2.23. The van der Waals surface area contributed by atoms with Gasteiger partial charge in [0.05, 0.1) is 0 Å². The van der Waals surface area contributed by atoms with Crippen molar-refractivity contribution in [3.63, 3.8) is 0 Å². The minimum atomic E-state index is -0.796. The van der Waals surface area contributed by atoms with Crippen molar-refractivity contribution in [2.75, 3.05) is 0 Å². The molecule has 0 aromatic carbocycles. The minimum Gasteiger partial charge on any atom is -0.481 e. The van der Waals surface area contributed by atoms with Gasteiger partial charge in [0.25, 0.3) is 0 Å². The molecule has 0 amide bonds. The van der Waals surface area contributed by atoms with E-state index in [1.54, 1.807) is 6.92 Å². The highest BCUT2D eigenvalue weighted by molar-refractivity contribution is 5.78. The number of Topliss-reactive ketones (excluding diaryl/α,β-unsaturated/α-hetero) is 1. The van der Waals surface area contributed by atoms with Gasteiger partial charge in [0.1, 0.15) is 5.78 Å². The number of carboxylic acid groups (broad SMARTS) is 1. The average molecular weight is 186 g/mol. The summed E-state index contributed by atoms with van der Waals surface area (Å²) in [6, 6.07) is 0. The molecular formula is C10H18O3. The summed E-state index contributed by atoms with van der Waals surface area (Å²) in [5.74, 6) is -0.529. The van der Waals surface area contributed by atoms with Gasteiger partial charge in [0.2, 0.25) is 0 Å². The maximum Gasteiger partial charge on any atom is 0.303 e. The van der Waals surface area contributed by atoms with Crippen LogP contribution in [0.3, 0.4) is 0 Å². The Morgan fingerprint density at radius 3 is 2.00 bits per heavy atom. The topological polar surface area (TPSA) is 54.4 Å². The molecule has 0 rings (SSSR count). The van der Waals surface area contributed by atoms with Gasteiger partial charge < -0.3 is 5.11 Å². The van der Waals surface area contributed by atoms with Gasteiger partial charge in [0.15, 0.2) is 0 Å². The smallest absolute Gasteiger partial charge is 0.303 e. The van der Waals surface area contributed by atoms with Gasteiger partial charge in [-0.05, 0) is 18.8 Å². The second kappa shape index (κ2) is 5.00. The van der Waals surface area contributed by atoms with E-state index in [0.29, 0.717) is 0 Å². The minimum absolute atomic E-state index is 0.0469. The molecule has 0 saturated carbocycles. The average Bonchev–Trinajstić information content (AvgIpc) is 2.00. The molecule has 0 aromatic heterocycles. The number of ketones is 1. The van der Waals surface area contributed by atoms with Crippen LogP contribution in [0.25, 0.3) is 0 Å². The number of hydrogen-bond acceptors (Lipinski definition) is 2. The van der Waals surface area contributed by atoms with E-state index in [1.165, 1.54) is 0 Å². The van der Waals surface area contributed by atoms with Gasteiger partial charge in [-0.1, -0.05) is 20.8 Å². The van der Waals surface area contributed by atoms with E-state index in [2.05, 4.69) is 0 Å². The molecule has 0 fully saturated rings. The van der Waals surface area contributed by atoms with Gasteiger partial charge >= 0.3 is 5.97 Å². The third-order valence-electron chi connectivity index (χ3n) is 2.82. The Kier molecular flexibility index (Phi) is 4.67. The third kappa shape index (κ3) is 4.06. The molecule has 0 aliphatic rings. The molecule has 0 radical (unpaired) electrons. The first-order valence-electron chi connectivity index (χ1n) is 4.58. The van der Waals surface area contributed by atoms with Crippen LogP contribution in [-0.4, -0.2) is 16.9 Å². The molecule has 0 bridgehead atoms. The predicted molar refractivity (Wildman–Crippen MR) is 50.4 cm³/mol. The third-order valence-corrected chi connectivity index (χ3v) is 2.82. The Morgan fingerprint density at radius 2 is 1.69 bits per heavy atom. The van der Waals surface area contributed by atoms with Crippen LogP contribution in [0.5, 0.6) is 0 Å². The first-order valence-corrected chi connectivity index (χ1v) is 4.58. The molecule has 13 heavy (non-hydrogen) atoms. The zero-order valence-corrected chi connectivity index (χ0v) is 8.70. The van der Waals surface area contributed by atoms with Gasteiger partial charge in [0, 0.05) is 12.3 Å². The Bertz CT molecular complexity index is 198. The Morgan fingerprint density at radius 1 is 1.23 bits per heavy atom. The van der Waals surface area contributed by atoms with E-state index in [0.717, 1.165) is 0 Å². The first-order chi connectivity index (χ1) is 5.86. The molecule has 1 N–H and O–H groups in total. The fraction of sp³-hybridized carbons (Fsp3) is 0.800. The molecule has 3 unspecified atom stereocenters. The number of carbonyl (C=O) groups is 2. The van der Waals surface area contributed by atoms with Crippen molar-refractivity contribution in [2.45, 2.75) is 34.1 Å². The molecular weight excluding hydrogens is 168 g/mol. The van der Waals surface area contributed by atoms with Crippen LogP contribution in [0.1, 0.15) is 34.1 Å². The summed E-state index contributed by atoms with van der Waals surface area (Å²) in [4.78, 5) is 21.4. The van der Waals surface area contributed by atoms with Crippen molar-refractivity contribution in [1.29, 1.82) is 0 Å². The summed E-state index contributed by atoms with van der Waals surface area (Å²) in [5.41, 5.74) is 0. The second-order valence-electron chi connectivity index (χ2n) is 3.83. The molecule has 76 valence electrons. The summed E-state index contributed by atoms with van der Waals surface area (Å²) < 4.78 is 0. The molecule has 0 heterocycles. The van der Waals surface area contributed by atoms with Crippen molar-refractivity contribution in [2.24, 2.45) is 17.8 Å². The molecule has 0 aromatic rings. The van der Waals surface area contributed by atoms with Crippen molar-refractivity contribution < 1.29 is 14.7 Å². The van der Waals surface area contributed by atoms with Crippen LogP contribution in [0, 0.1) is 17.8 Å². The number of aliphatic carboxylic acids is 1. The van der Waals surface area contributed by atoms with Crippen LogP contribution < -0.4 is 0 Å². The number of carbonyl (C=O) groups excluding carboxylic acids is 1. The van der Waals surface area contributed by atoms with E-state index in [9.17, 15) is 9.59 Å². The lowest BCUT2D eigenvalue weighted by molar-refractivity contribution is -0.139. The van der Waals surface area contributed by atoms with Gasteiger partial charge in [-0.25, -0.2) is 0 Å². The van der Waals surface area contributed by atoms with E-state index >= 15 is 0 Å². The number of rotatable bonds is 5. The van der Waals surface area contributed by atoms with Gasteiger partial charge in [-0.15, -0.1) is 0 Å². The predicted octanol–water partition coefficient (Wildman–Crippen LogP) is 1.96. The summed E-state index contributed by atoms with van der Waals surface area (Å²) in [6.07, 6.45) is 0.138. The van der Waals surface area contributed by atoms with Crippen LogP contribution in [0.2, 0.25) is 0 Å². The maximum absolute atomic E-state index is 11.0. The fourth-order valence-electron chi connectivity index (χ4n) is 1.32. The maximum atomic E-state index is 11.0. The molecule has 0 saturated heterocycles. The quantitative estimate of drug-likeness (QED) is 0.714. The molecule has 0 aliphatic carbocycles. The highest BCUT2D eigenvalue weighted by Gasteiger charge is 2.23. The lowest BCUT2D eigenvalue weighted by atomic mass is 9.81. The molecule has 3 nitrogen and oxygen atoms in total. The van der Waals surface area contributed by atoms with E-state index in [4.69, 9.17) is 5.11 Å². The Hall–Kier alpha value is -0.860. The van der Waals surface area contributed by atoms with E-state index < -0.39 is 5.97 Å². The van der Waals surface area contributed by atoms with Crippen molar-refractivity contribution >= 4 is 11.8 Å². The molecule has 3 atom stereocenters. The zero-order chi connectivity index (χ0) is 10.6. The summed E-state index contributed by atoms with van der Waals surface area (Å²) in [7, 11) is 0. The number of hydrogen-bond donors (Lipinski definition) is 1. The second-order valence-corrected chi connectivity index (χ2v) is 3.83. The van der Waals surface area contributed by atoms with Gasteiger partial charge in [-0.2, -0.15) is 0 Å². The first kappa shape index (κ1) is 12.1. The van der Waals surface area contributed by atoms with Crippen LogP contribution >= 0.6 is 0 Å². The van der Waals surface area contributed by atoms with E-state index in [-0.39, 0.29) is 30.0 Å². The zero-order valence-electron chi connectivity index (χ0n) is 8.70. The highest BCUT2D eigenvalue weighted by atomic mass is 16.4. The van der Waals surface area contributed by atoms with E-state index in [1.807, 2.05) is 20.8 Å². The molecule has 3 heteroatoms. The lowest BCUT2D eigenvalue weighted by Gasteiger charge is -2.22. The normalized spacial score (nSPS) is 17.5. The summed E-state index contributed by atoms with van der Waals surface area (Å²) in [6.45, 7) is 7.21. The van der Waals surface area contributed by atoms with Crippen LogP contribution in [-0.2, 0) is 9.59 Å². The van der Waals surface area contributed by atoms with Crippen molar-refractivity contribution in [3.8, 4) is 0 Å². The standard InChI is InChI=1S/C10H18O3/c1-6(5-10(12)13)7(2)8(3)9(4)11/h6-8H,5H2,1-4H3,(H,12,13). The van der Waals surface area contributed by atoms with Crippen molar-refractivity contribution in [3.05, 3.63) is 0 Å². The van der Waals surface area contributed by atoms with Crippen molar-refractivity contribution in [1.82, 2.24) is 0 Å². The summed E-state index contributed by atoms with van der Waals surface area (Å²) in [5, 5.41) is 8.57. The Balaban J connectivity index is 4.16.